The van der Waals surface area contributed by atoms with Gasteiger partial charge in [-0.15, -0.1) is 0 Å². The summed E-state index contributed by atoms with van der Waals surface area (Å²) in [6.45, 7) is 1.77. The summed E-state index contributed by atoms with van der Waals surface area (Å²) in [5, 5.41) is 3.41. The number of methoxy groups -OCH3 is 1. The van der Waals surface area contributed by atoms with E-state index in [1.54, 1.807) is 7.11 Å². The topological polar surface area (TPSA) is 39.1 Å². The van der Waals surface area contributed by atoms with E-state index in [9.17, 15) is 0 Å². The Hall–Kier alpha value is -1.81. The van der Waals surface area contributed by atoms with Crippen LogP contribution in [0.2, 0.25) is 0 Å². The van der Waals surface area contributed by atoms with Crippen LogP contribution in [0.1, 0.15) is 11.4 Å². The van der Waals surface area contributed by atoms with Gasteiger partial charge in [0.15, 0.2) is 0 Å². The molecule has 0 saturated heterocycles. The Bertz CT molecular complexity index is 493. The highest BCUT2D eigenvalue weighted by atomic mass is 16.5. The molecule has 4 heteroatoms. The van der Waals surface area contributed by atoms with Crippen molar-refractivity contribution in [3.05, 3.63) is 48.0 Å². The van der Waals surface area contributed by atoms with Gasteiger partial charge in [-0.1, -0.05) is 12.1 Å². The summed E-state index contributed by atoms with van der Waals surface area (Å²) in [7, 11) is 3.71. The smallest absolute Gasteiger partial charge is 0.119 e. The largest absolute Gasteiger partial charge is 0.497 e. The fourth-order valence-electron chi connectivity index (χ4n) is 1.85. The van der Waals surface area contributed by atoms with Gasteiger partial charge < -0.3 is 14.6 Å². The second-order valence-electron chi connectivity index (χ2n) is 4.23. The first kappa shape index (κ1) is 12.6. The lowest BCUT2D eigenvalue weighted by molar-refractivity contribution is 0.414. The zero-order valence-corrected chi connectivity index (χ0v) is 10.9. The molecule has 0 aliphatic rings. The molecular weight excluding hydrogens is 226 g/mol. The number of nitrogens with one attached hydrogen (secondary N) is 1. The van der Waals surface area contributed by atoms with E-state index in [4.69, 9.17) is 4.74 Å². The van der Waals surface area contributed by atoms with Crippen molar-refractivity contribution in [2.24, 2.45) is 7.05 Å². The van der Waals surface area contributed by atoms with Crippen molar-refractivity contribution in [2.45, 2.75) is 13.0 Å². The summed E-state index contributed by atoms with van der Waals surface area (Å²) in [6.07, 6.45) is 4.74. The number of imidazole rings is 1. The van der Waals surface area contributed by atoms with Crippen molar-refractivity contribution in [1.82, 2.24) is 14.9 Å². The molecule has 0 aliphatic carbocycles. The highest BCUT2D eigenvalue weighted by Crippen LogP contribution is 2.12. The maximum atomic E-state index is 5.19. The average molecular weight is 245 g/mol. The Labute approximate surface area is 108 Å². The van der Waals surface area contributed by atoms with Gasteiger partial charge in [-0.3, -0.25) is 0 Å². The molecule has 0 fully saturated rings. The number of ether oxygens (including phenoxy) is 1. The highest BCUT2D eigenvalue weighted by Gasteiger charge is 1.99. The Kier molecular flexibility index (Phi) is 4.36. The minimum Gasteiger partial charge on any atom is -0.497 e. The van der Waals surface area contributed by atoms with Crippen molar-refractivity contribution < 1.29 is 4.74 Å². The van der Waals surface area contributed by atoms with Crippen LogP contribution < -0.4 is 10.1 Å². The molecule has 0 unspecified atom stereocenters. The third-order valence-electron chi connectivity index (χ3n) is 2.91. The van der Waals surface area contributed by atoms with Crippen LogP contribution in [0.4, 0.5) is 0 Å². The quantitative estimate of drug-likeness (QED) is 0.788. The Balaban J connectivity index is 1.76. The van der Waals surface area contributed by atoms with Crippen molar-refractivity contribution in [2.75, 3.05) is 13.7 Å². The fourth-order valence-corrected chi connectivity index (χ4v) is 1.85. The molecule has 1 aromatic heterocycles. The molecule has 0 radical (unpaired) electrons. The van der Waals surface area contributed by atoms with E-state index < -0.39 is 0 Å². The van der Waals surface area contributed by atoms with E-state index >= 15 is 0 Å². The summed E-state index contributed by atoms with van der Waals surface area (Å²) < 4.78 is 7.24. The maximum absolute atomic E-state index is 5.19. The van der Waals surface area contributed by atoms with Crippen LogP contribution in [-0.4, -0.2) is 23.2 Å². The molecule has 0 atom stereocenters. The SMILES string of the molecule is COc1cccc(CNCCc2nccn2C)c1. The molecule has 0 aliphatic heterocycles. The number of benzene rings is 1. The number of nitrogens with zero attached hydrogens (tertiary/aromatic N) is 2. The predicted octanol–water partition coefficient (Wildman–Crippen LogP) is 1.76. The zero-order chi connectivity index (χ0) is 12.8. The molecule has 1 aromatic carbocycles. The van der Waals surface area contributed by atoms with Gasteiger partial charge in [-0.2, -0.15) is 0 Å². The molecule has 18 heavy (non-hydrogen) atoms. The molecule has 0 amide bonds. The van der Waals surface area contributed by atoms with E-state index in [0.717, 1.165) is 31.1 Å². The lowest BCUT2D eigenvalue weighted by Crippen LogP contribution is -2.18. The van der Waals surface area contributed by atoms with E-state index in [2.05, 4.69) is 16.4 Å². The molecule has 96 valence electrons. The maximum Gasteiger partial charge on any atom is 0.119 e. The lowest BCUT2D eigenvalue weighted by atomic mass is 10.2. The fraction of sp³-hybridized carbons (Fsp3) is 0.357. The van der Waals surface area contributed by atoms with Crippen molar-refractivity contribution in [1.29, 1.82) is 0 Å². The predicted molar refractivity (Wildman–Crippen MR) is 71.6 cm³/mol. The summed E-state index contributed by atoms with van der Waals surface area (Å²) >= 11 is 0. The van der Waals surface area contributed by atoms with Gasteiger partial charge >= 0.3 is 0 Å². The lowest BCUT2D eigenvalue weighted by Gasteiger charge is -2.06. The second-order valence-corrected chi connectivity index (χ2v) is 4.23. The van der Waals surface area contributed by atoms with E-state index in [0.29, 0.717) is 0 Å². The van der Waals surface area contributed by atoms with Gasteiger partial charge in [0.05, 0.1) is 7.11 Å². The summed E-state index contributed by atoms with van der Waals surface area (Å²) in [5.41, 5.74) is 1.23. The van der Waals surface area contributed by atoms with Crippen LogP contribution in [0.15, 0.2) is 36.7 Å². The van der Waals surface area contributed by atoms with E-state index in [-0.39, 0.29) is 0 Å². The van der Waals surface area contributed by atoms with Gasteiger partial charge in [-0.05, 0) is 17.7 Å². The second kappa shape index (κ2) is 6.21. The molecule has 0 bridgehead atoms. The Morgan fingerprint density at radius 2 is 2.28 bits per heavy atom. The highest BCUT2D eigenvalue weighted by molar-refractivity contribution is 5.28. The molecule has 0 saturated carbocycles. The monoisotopic (exact) mass is 245 g/mol. The molecule has 4 nitrogen and oxygen atoms in total. The minimum absolute atomic E-state index is 0.849. The average Bonchev–Trinajstić information content (AvgIpc) is 2.81. The van der Waals surface area contributed by atoms with Crippen LogP contribution in [-0.2, 0) is 20.0 Å². The van der Waals surface area contributed by atoms with Gasteiger partial charge in [0, 0.05) is 39.0 Å². The van der Waals surface area contributed by atoms with Gasteiger partial charge in [0.1, 0.15) is 11.6 Å². The first-order chi connectivity index (χ1) is 8.79. The zero-order valence-electron chi connectivity index (χ0n) is 10.9. The van der Waals surface area contributed by atoms with Crippen molar-refractivity contribution in [3.63, 3.8) is 0 Å². The van der Waals surface area contributed by atoms with Crippen LogP contribution in [0.5, 0.6) is 5.75 Å². The molecule has 2 aromatic rings. The van der Waals surface area contributed by atoms with Gasteiger partial charge in [0.2, 0.25) is 0 Å². The van der Waals surface area contributed by atoms with Crippen LogP contribution in [0.3, 0.4) is 0 Å². The van der Waals surface area contributed by atoms with Crippen molar-refractivity contribution >= 4 is 0 Å². The molecule has 1 N–H and O–H groups in total. The normalized spacial score (nSPS) is 10.6. The number of aryl methyl sites for hydroxylation is 1. The number of hydrogen-bond acceptors (Lipinski definition) is 3. The summed E-state index contributed by atoms with van der Waals surface area (Å²) in [6, 6.07) is 8.11. The summed E-state index contributed by atoms with van der Waals surface area (Å²) in [4.78, 5) is 4.29. The third kappa shape index (κ3) is 3.34. The van der Waals surface area contributed by atoms with E-state index in [1.165, 1.54) is 5.56 Å². The van der Waals surface area contributed by atoms with Crippen LogP contribution in [0.25, 0.3) is 0 Å². The summed E-state index contributed by atoms with van der Waals surface area (Å²) in [5.74, 6) is 2.01. The number of hydrogen-bond donors (Lipinski definition) is 1. The Morgan fingerprint density at radius 3 is 3.00 bits per heavy atom. The molecule has 1 heterocycles. The van der Waals surface area contributed by atoms with Crippen molar-refractivity contribution in [3.8, 4) is 5.75 Å². The standard InChI is InChI=1S/C14H19N3O/c1-17-9-8-16-14(17)6-7-15-11-12-4-3-5-13(10-12)18-2/h3-5,8-10,15H,6-7,11H2,1-2H3. The minimum atomic E-state index is 0.849. The first-order valence-electron chi connectivity index (χ1n) is 6.09. The van der Waals surface area contributed by atoms with E-state index in [1.807, 2.05) is 42.2 Å². The third-order valence-corrected chi connectivity index (χ3v) is 2.91. The van der Waals surface area contributed by atoms with Gasteiger partial charge in [0.25, 0.3) is 0 Å². The van der Waals surface area contributed by atoms with Gasteiger partial charge in [-0.25, -0.2) is 4.98 Å². The Morgan fingerprint density at radius 1 is 1.39 bits per heavy atom. The molecule has 0 spiro atoms. The number of aromatic nitrogens is 2. The first-order valence-corrected chi connectivity index (χ1v) is 6.09. The molecule has 2 rings (SSSR count). The number of rotatable bonds is 6. The van der Waals surface area contributed by atoms with Crippen LogP contribution in [0, 0.1) is 0 Å². The molecular formula is C14H19N3O. The van der Waals surface area contributed by atoms with Crippen LogP contribution >= 0.6 is 0 Å².